The monoisotopic (exact) mass is 562 g/mol. The molecule has 1 heterocycles. The third-order valence-corrected chi connectivity index (χ3v) is 6.83. The van der Waals surface area contributed by atoms with Crippen molar-refractivity contribution in [2.24, 2.45) is 0 Å². The van der Waals surface area contributed by atoms with Gasteiger partial charge >= 0.3 is 0 Å². The molecule has 0 aliphatic carbocycles. The molecule has 31 heavy (non-hydrogen) atoms. The van der Waals surface area contributed by atoms with Crippen molar-refractivity contribution in [3.8, 4) is 11.1 Å². The standard InChI is InChI=1S/C21H16Br2N4O3S/c22-16-8-13(12-4-3-7-25-11-12)9-17(23)21(16)27-26-18-10-19(31(28,29)30)14-5-1-2-6-15(14)20(18)24/h1-11,26-27H,24H2,(H,28,29,30). The summed E-state index contributed by atoms with van der Waals surface area (Å²) in [5.74, 6) is 0. The zero-order chi connectivity index (χ0) is 22.2. The van der Waals surface area contributed by atoms with Crippen LogP contribution in [0.1, 0.15) is 0 Å². The van der Waals surface area contributed by atoms with Crippen molar-refractivity contribution in [1.29, 1.82) is 0 Å². The number of benzene rings is 3. The molecule has 10 heteroatoms. The van der Waals surface area contributed by atoms with Crippen LogP contribution >= 0.6 is 31.9 Å². The maximum absolute atomic E-state index is 11.9. The molecule has 0 amide bonds. The Morgan fingerprint density at radius 2 is 1.58 bits per heavy atom. The van der Waals surface area contributed by atoms with Gasteiger partial charge in [-0.15, -0.1) is 0 Å². The zero-order valence-corrected chi connectivity index (χ0v) is 19.8. The number of hydrazine groups is 1. The minimum atomic E-state index is -4.45. The van der Waals surface area contributed by atoms with Gasteiger partial charge in [0.1, 0.15) is 4.90 Å². The van der Waals surface area contributed by atoms with Gasteiger partial charge in [-0.1, -0.05) is 30.3 Å². The zero-order valence-electron chi connectivity index (χ0n) is 15.8. The lowest BCUT2D eigenvalue weighted by molar-refractivity contribution is 0.484. The van der Waals surface area contributed by atoms with Crippen molar-refractivity contribution in [2.45, 2.75) is 4.90 Å². The predicted molar refractivity (Wildman–Crippen MR) is 130 cm³/mol. The van der Waals surface area contributed by atoms with E-state index in [0.29, 0.717) is 27.8 Å². The molecule has 4 rings (SSSR count). The Morgan fingerprint density at radius 3 is 2.19 bits per heavy atom. The summed E-state index contributed by atoms with van der Waals surface area (Å²) in [7, 11) is -4.45. The number of nitrogens with one attached hydrogen (secondary N) is 2. The van der Waals surface area contributed by atoms with Crippen molar-refractivity contribution in [1.82, 2.24) is 4.98 Å². The lowest BCUT2D eigenvalue weighted by Gasteiger charge is -2.18. The van der Waals surface area contributed by atoms with Crippen LogP contribution in [0.15, 0.2) is 80.8 Å². The number of aromatic nitrogens is 1. The Labute approximate surface area is 195 Å². The van der Waals surface area contributed by atoms with E-state index < -0.39 is 10.1 Å². The maximum Gasteiger partial charge on any atom is 0.295 e. The van der Waals surface area contributed by atoms with Crippen molar-refractivity contribution in [2.75, 3.05) is 16.6 Å². The molecule has 5 N–H and O–H groups in total. The van der Waals surface area contributed by atoms with Gasteiger partial charge in [0.2, 0.25) is 0 Å². The third kappa shape index (κ3) is 4.38. The number of fused-ring (bicyclic) bond motifs is 1. The molecule has 0 radical (unpaired) electrons. The molecule has 1 aromatic heterocycles. The number of nitrogens with zero attached hydrogens (tertiary/aromatic N) is 1. The summed E-state index contributed by atoms with van der Waals surface area (Å²) in [5.41, 5.74) is 15.5. The highest BCUT2D eigenvalue weighted by Gasteiger charge is 2.19. The number of halogens is 2. The molecule has 0 atom stereocenters. The molecule has 158 valence electrons. The molecule has 0 bridgehead atoms. The number of hydrogen-bond donors (Lipinski definition) is 4. The van der Waals surface area contributed by atoms with E-state index in [-0.39, 0.29) is 4.90 Å². The van der Waals surface area contributed by atoms with Gasteiger partial charge in [-0.3, -0.25) is 20.4 Å². The number of anilines is 3. The second-order valence-corrected chi connectivity index (χ2v) is 9.76. The van der Waals surface area contributed by atoms with E-state index in [4.69, 9.17) is 5.73 Å². The molecule has 7 nitrogen and oxygen atoms in total. The van der Waals surface area contributed by atoms with Gasteiger partial charge in [0.15, 0.2) is 0 Å². The van der Waals surface area contributed by atoms with Crippen LogP contribution in [-0.4, -0.2) is 18.0 Å². The number of hydrogen-bond acceptors (Lipinski definition) is 6. The Kier molecular flexibility index (Phi) is 5.89. The first-order valence-electron chi connectivity index (χ1n) is 8.96. The summed E-state index contributed by atoms with van der Waals surface area (Å²) in [6, 6.07) is 15.7. The molecular weight excluding hydrogens is 548 g/mol. The fourth-order valence-electron chi connectivity index (χ4n) is 3.20. The number of pyridine rings is 1. The predicted octanol–water partition coefficient (Wildman–Crippen LogP) is 5.69. The number of nitrogens with two attached hydrogens (primary N) is 1. The fourth-order valence-corrected chi connectivity index (χ4v) is 5.31. The van der Waals surface area contributed by atoms with E-state index in [1.54, 1.807) is 36.7 Å². The summed E-state index contributed by atoms with van der Waals surface area (Å²) < 4.78 is 35.0. The van der Waals surface area contributed by atoms with Crippen molar-refractivity contribution < 1.29 is 13.0 Å². The number of rotatable bonds is 5. The first kappa shape index (κ1) is 21.6. The third-order valence-electron chi connectivity index (χ3n) is 4.69. The molecule has 0 unspecified atom stereocenters. The molecular formula is C21H16Br2N4O3S. The van der Waals surface area contributed by atoms with Crippen molar-refractivity contribution in [3.05, 3.63) is 75.9 Å². The minimum Gasteiger partial charge on any atom is -0.396 e. The van der Waals surface area contributed by atoms with E-state index in [1.165, 1.54) is 6.07 Å². The van der Waals surface area contributed by atoms with E-state index in [1.807, 2.05) is 24.3 Å². The van der Waals surface area contributed by atoms with Crippen LogP contribution in [0.2, 0.25) is 0 Å². The molecule has 3 aromatic carbocycles. The van der Waals surface area contributed by atoms with Crippen LogP contribution < -0.4 is 16.6 Å². The molecule has 0 aliphatic rings. The van der Waals surface area contributed by atoms with Crippen LogP contribution in [0.5, 0.6) is 0 Å². The van der Waals surface area contributed by atoms with Crippen LogP contribution in [0, 0.1) is 0 Å². The highest BCUT2D eigenvalue weighted by molar-refractivity contribution is 9.11. The van der Waals surface area contributed by atoms with Crippen LogP contribution in [0.3, 0.4) is 0 Å². The normalized spacial score (nSPS) is 11.5. The molecule has 0 saturated heterocycles. The Hall–Kier alpha value is -2.66. The number of nitrogen functional groups attached to an aromatic ring is 1. The molecule has 0 aliphatic heterocycles. The average molecular weight is 564 g/mol. The quantitative estimate of drug-likeness (QED) is 0.140. The molecule has 4 aromatic rings. The fraction of sp³-hybridized carbons (Fsp3) is 0. The minimum absolute atomic E-state index is 0.230. The van der Waals surface area contributed by atoms with Crippen LogP contribution in [-0.2, 0) is 10.1 Å². The summed E-state index contributed by atoms with van der Waals surface area (Å²) in [6.45, 7) is 0. The Balaban J connectivity index is 1.71. The molecule has 0 saturated carbocycles. The van der Waals surface area contributed by atoms with Gasteiger partial charge in [0.05, 0.1) is 17.1 Å². The van der Waals surface area contributed by atoms with Gasteiger partial charge in [0, 0.05) is 37.7 Å². The highest BCUT2D eigenvalue weighted by Crippen LogP contribution is 2.38. The van der Waals surface area contributed by atoms with Gasteiger partial charge in [-0.25, -0.2) is 0 Å². The molecule has 0 spiro atoms. The second kappa shape index (κ2) is 8.46. The highest BCUT2D eigenvalue weighted by atomic mass is 79.9. The van der Waals surface area contributed by atoms with Gasteiger partial charge in [-0.05, 0) is 61.7 Å². The lowest BCUT2D eigenvalue weighted by atomic mass is 10.1. The van der Waals surface area contributed by atoms with Crippen molar-refractivity contribution >= 4 is 69.8 Å². The Bertz CT molecular complexity index is 1370. The largest absolute Gasteiger partial charge is 0.396 e. The van der Waals surface area contributed by atoms with Crippen LogP contribution in [0.4, 0.5) is 17.1 Å². The molecule has 0 fully saturated rings. The Morgan fingerprint density at radius 1 is 0.903 bits per heavy atom. The lowest BCUT2D eigenvalue weighted by Crippen LogP contribution is -2.13. The van der Waals surface area contributed by atoms with E-state index in [2.05, 4.69) is 47.7 Å². The van der Waals surface area contributed by atoms with Crippen molar-refractivity contribution in [3.63, 3.8) is 0 Å². The average Bonchev–Trinajstić information content (AvgIpc) is 2.74. The van der Waals surface area contributed by atoms with Gasteiger partial charge in [0.25, 0.3) is 10.1 Å². The SMILES string of the molecule is Nc1c(NNc2c(Br)cc(-c3cccnc3)cc2Br)cc(S(=O)(=O)O)c2ccccc12. The van der Waals surface area contributed by atoms with E-state index >= 15 is 0 Å². The summed E-state index contributed by atoms with van der Waals surface area (Å²) in [5, 5.41) is 0.850. The van der Waals surface area contributed by atoms with Gasteiger partial charge < -0.3 is 5.73 Å². The van der Waals surface area contributed by atoms with Crippen LogP contribution in [0.25, 0.3) is 21.9 Å². The topological polar surface area (TPSA) is 117 Å². The van der Waals surface area contributed by atoms with E-state index in [9.17, 15) is 13.0 Å². The summed E-state index contributed by atoms with van der Waals surface area (Å²) >= 11 is 7.11. The summed E-state index contributed by atoms with van der Waals surface area (Å²) in [6.07, 6.45) is 3.48. The second-order valence-electron chi connectivity index (χ2n) is 6.66. The van der Waals surface area contributed by atoms with E-state index in [0.717, 1.165) is 20.1 Å². The van der Waals surface area contributed by atoms with Gasteiger partial charge in [-0.2, -0.15) is 8.42 Å². The smallest absolute Gasteiger partial charge is 0.295 e. The summed E-state index contributed by atoms with van der Waals surface area (Å²) in [4.78, 5) is 3.91. The maximum atomic E-state index is 11.9. The first-order valence-corrected chi connectivity index (χ1v) is 12.0. The first-order chi connectivity index (χ1) is 14.8.